The summed E-state index contributed by atoms with van der Waals surface area (Å²) in [5, 5.41) is 9.08. The Hall–Kier alpha value is -0.120. The number of aliphatic hydroxyl groups excluding tert-OH is 1. The van der Waals surface area contributed by atoms with Gasteiger partial charge in [0.2, 0.25) is 0 Å². The van der Waals surface area contributed by atoms with Gasteiger partial charge in [0, 0.05) is 32.8 Å². The highest BCUT2D eigenvalue weighted by Crippen LogP contribution is 2.11. The molecule has 0 bridgehead atoms. The van der Waals surface area contributed by atoms with Crippen LogP contribution >= 0.6 is 0 Å². The van der Waals surface area contributed by atoms with Gasteiger partial charge in [-0.1, -0.05) is 20.8 Å². The van der Waals surface area contributed by atoms with Crippen molar-refractivity contribution in [2.75, 3.05) is 33.4 Å². The third kappa shape index (κ3) is 6.13. The molecular formula is C12H27NO2. The van der Waals surface area contributed by atoms with Gasteiger partial charge in [-0.3, -0.25) is 4.90 Å². The second-order valence-electron chi connectivity index (χ2n) is 4.25. The minimum Gasteiger partial charge on any atom is -0.396 e. The molecule has 0 heterocycles. The number of hydrogen-bond donors (Lipinski definition) is 1. The lowest BCUT2D eigenvalue weighted by atomic mass is 10.1. The molecule has 1 atom stereocenters. The molecule has 0 saturated carbocycles. The van der Waals surface area contributed by atoms with Crippen molar-refractivity contribution in [1.82, 2.24) is 4.90 Å². The van der Waals surface area contributed by atoms with Crippen LogP contribution in [0.25, 0.3) is 0 Å². The predicted molar refractivity (Wildman–Crippen MR) is 64.1 cm³/mol. The van der Waals surface area contributed by atoms with Crippen LogP contribution in [0.2, 0.25) is 0 Å². The van der Waals surface area contributed by atoms with Crippen LogP contribution in [0, 0.1) is 5.92 Å². The first-order valence-corrected chi connectivity index (χ1v) is 6.03. The van der Waals surface area contributed by atoms with Crippen LogP contribution in [0.1, 0.15) is 33.6 Å². The van der Waals surface area contributed by atoms with Crippen LogP contribution in [0.5, 0.6) is 0 Å². The largest absolute Gasteiger partial charge is 0.396 e. The van der Waals surface area contributed by atoms with Crippen LogP contribution in [0.4, 0.5) is 0 Å². The van der Waals surface area contributed by atoms with Gasteiger partial charge in [-0.2, -0.15) is 0 Å². The molecule has 0 aromatic carbocycles. The first-order chi connectivity index (χ1) is 7.19. The van der Waals surface area contributed by atoms with Gasteiger partial charge in [0.25, 0.3) is 0 Å². The molecule has 0 radical (unpaired) electrons. The third-order valence-corrected chi connectivity index (χ3v) is 2.90. The molecule has 1 unspecified atom stereocenters. The van der Waals surface area contributed by atoms with E-state index in [9.17, 15) is 0 Å². The molecule has 0 spiro atoms. The minimum atomic E-state index is 0.267. The standard InChI is InChI=1S/C12H27NO2/c1-5-12(6-2)13(7-8-15-4)9-11(3)10-14/h11-12,14H,5-10H2,1-4H3. The highest BCUT2D eigenvalue weighted by molar-refractivity contribution is 4.71. The Morgan fingerprint density at radius 2 is 1.87 bits per heavy atom. The number of rotatable bonds is 9. The van der Waals surface area contributed by atoms with Crippen LogP contribution in [-0.4, -0.2) is 49.5 Å². The summed E-state index contributed by atoms with van der Waals surface area (Å²) in [5.41, 5.74) is 0. The summed E-state index contributed by atoms with van der Waals surface area (Å²) in [6, 6.07) is 0.620. The second kappa shape index (κ2) is 9.13. The lowest BCUT2D eigenvalue weighted by Gasteiger charge is -2.32. The van der Waals surface area contributed by atoms with Gasteiger partial charge >= 0.3 is 0 Å². The van der Waals surface area contributed by atoms with E-state index in [1.54, 1.807) is 7.11 Å². The lowest BCUT2D eigenvalue weighted by molar-refractivity contribution is 0.0907. The molecule has 0 aromatic heterocycles. The number of hydrogen-bond acceptors (Lipinski definition) is 3. The topological polar surface area (TPSA) is 32.7 Å². The second-order valence-corrected chi connectivity index (χ2v) is 4.25. The van der Waals surface area contributed by atoms with E-state index in [2.05, 4.69) is 25.7 Å². The van der Waals surface area contributed by atoms with Crippen molar-refractivity contribution in [2.24, 2.45) is 5.92 Å². The molecule has 15 heavy (non-hydrogen) atoms. The zero-order valence-electron chi connectivity index (χ0n) is 10.7. The maximum absolute atomic E-state index is 9.08. The molecule has 0 fully saturated rings. The Bertz CT molecular complexity index is 138. The van der Waals surface area contributed by atoms with E-state index in [1.165, 1.54) is 12.8 Å². The van der Waals surface area contributed by atoms with Gasteiger partial charge in [-0.15, -0.1) is 0 Å². The van der Waals surface area contributed by atoms with Gasteiger partial charge in [-0.05, 0) is 18.8 Å². The lowest BCUT2D eigenvalue weighted by Crippen LogP contribution is -2.40. The van der Waals surface area contributed by atoms with Crippen molar-refractivity contribution in [2.45, 2.75) is 39.7 Å². The number of nitrogens with zero attached hydrogens (tertiary/aromatic N) is 1. The van der Waals surface area contributed by atoms with E-state index >= 15 is 0 Å². The van der Waals surface area contributed by atoms with E-state index in [0.717, 1.165) is 19.7 Å². The summed E-state index contributed by atoms with van der Waals surface area (Å²) in [4.78, 5) is 2.43. The van der Waals surface area contributed by atoms with Crippen molar-refractivity contribution < 1.29 is 9.84 Å². The quantitative estimate of drug-likeness (QED) is 0.638. The maximum atomic E-state index is 9.08. The third-order valence-electron chi connectivity index (χ3n) is 2.90. The highest BCUT2D eigenvalue weighted by atomic mass is 16.5. The summed E-state index contributed by atoms with van der Waals surface area (Å²) in [5.74, 6) is 0.349. The fourth-order valence-corrected chi connectivity index (χ4v) is 1.89. The van der Waals surface area contributed by atoms with E-state index in [-0.39, 0.29) is 6.61 Å². The van der Waals surface area contributed by atoms with Crippen molar-refractivity contribution in [3.05, 3.63) is 0 Å². The van der Waals surface area contributed by atoms with Crippen LogP contribution < -0.4 is 0 Å². The normalized spacial score (nSPS) is 13.8. The molecule has 1 N–H and O–H groups in total. The van der Waals surface area contributed by atoms with Gasteiger partial charge < -0.3 is 9.84 Å². The summed E-state index contributed by atoms with van der Waals surface area (Å²) < 4.78 is 5.12. The van der Waals surface area contributed by atoms with Crippen LogP contribution in [-0.2, 0) is 4.74 Å². The monoisotopic (exact) mass is 217 g/mol. The molecule has 0 rings (SSSR count). The van der Waals surface area contributed by atoms with E-state index in [0.29, 0.717) is 12.0 Å². The van der Waals surface area contributed by atoms with Crippen LogP contribution in [0.15, 0.2) is 0 Å². The Labute approximate surface area is 94.4 Å². The Morgan fingerprint density at radius 1 is 1.27 bits per heavy atom. The molecule has 92 valence electrons. The molecule has 3 heteroatoms. The summed E-state index contributed by atoms with van der Waals surface area (Å²) in [6.45, 7) is 9.50. The molecule has 0 aliphatic rings. The average molecular weight is 217 g/mol. The van der Waals surface area contributed by atoms with Crippen molar-refractivity contribution in [3.8, 4) is 0 Å². The minimum absolute atomic E-state index is 0.267. The molecule has 0 amide bonds. The first kappa shape index (κ1) is 14.9. The summed E-state index contributed by atoms with van der Waals surface area (Å²) >= 11 is 0. The Morgan fingerprint density at radius 3 is 2.27 bits per heavy atom. The molecule has 0 aliphatic carbocycles. The average Bonchev–Trinajstić information content (AvgIpc) is 2.26. The molecule has 0 saturated heterocycles. The van der Waals surface area contributed by atoms with Gasteiger partial charge in [0.05, 0.1) is 6.61 Å². The summed E-state index contributed by atoms with van der Waals surface area (Å²) in [7, 11) is 1.74. The van der Waals surface area contributed by atoms with Crippen molar-refractivity contribution >= 4 is 0 Å². The van der Waals surface area contributed by atoms with E-state index in [4.69, 9.17) is 9.84 Å². The van der Waals surface area contributed by atoms with Gasteiger partial charge in [0.1, 0.15) is 0 Å². The van der Waals surface area contributed by atoms with Crippen molar-refractivity contribution in [3.63, 3.8) is 0 Å². The van der Waals surface area contributed by atoms with E-state index in [1.807, 2.05) is 0 Å². The van der Waals surface area contributed by atoms with Gasteiger partial charge in [-0.25, -0.2) is 0 Å². The zero-order valence-corrected chi connectivity index (χ0v) is 10.7. The maximum Gasteiger partial charge on any atom is 0.0589 e. The highest BCUT2D eigenvalue weighted by Gasteiger charge is 2.16. The Balaban J connectivity index is 4.14. The molecular weight excluding hydrogens is 190 g/mol. The smallest absolute Gasteiger partial charge is 0.0589 e. The number of aliphatic hydroxyl groups is 1. The molecule has 0 aromatic rings. The number of ether oxygens (including phenoxy) is 1. The predicted octanol–water partition coefficient (Wildman–Crippen LogP) is 1.75. The molecule has 3 nitrogen and oxygen atoms in total. The fourth-order valence-electron chi connectivity index (χ4n) is 1.89. The first-order valence-electron chi connectivity index (χ1n) is 6.03. The summed E-state index contributed by atoms with van der Waals surface area (Å²) in [6.07, 6.45) is 2.33. The molecule has 0 aliphatic heterocycles. The SMILES string of the molecule is CCC(CC)N(CCOC)CC(C)CO. The number of methoxy groups -OCH3 is 1. The van der Waals surface area contributed by atoms with Crippen molar-refractivity contribution in [1.29, 1.82) is 0 Å². The zero-order chi connectivity index (χ0) is 11.7. The van der Waals surface area contributed by atoms with Crippen LogP contribution in [0.3, 0.4) is 0 Å². The van der Waals surface area contributed by atoms with Gasteiger partial charge in [0.15, 0.2) is 0 Å². The fraction of sp³-hybridized carbons (Fsp3) is 1.00. The Kier molecular flexibility index (Phi) is 9.06. The van der Waals surface area contributed by atoms with E-state index < -0.39 is 0 Å².